The van der Waals surface area contributed by atoms with E-state index in [0.29, 0.717) is 16.8 Å². The van der Waals surface area contributed by atoms with Gasteiger partial charge in [-0.15, -0.1) is 0 Å². The molecule has 0 saturated carbocycles. The van der Waals surface area contributed by atoms with Gasteiger partial charge in [-0.05, 0) is 42.3 Å². The molecule has 0 aliphatic heterocycles. The van der Waals surface area contributed by atoms with Gasteiger partial charge in [0, 0.05) is 16.5 Å². The number of benzene rings is 2. The summed E-state index contributed by atoms with van der Waals surface area (Å²) < 4.78 is 42.4. The third-order valence-corrected chi connectivity index (χ3v) is 4.93. The number of H-pyrrole nitrogens is 1. The van der Waals surface area contributed by atoms with Crippen LogP contribution in [0.4, 0.5) is 18.9 Å². The maximum absolute atomic E-state index is 12.5. The van der Waals surface area contributed by atoms with Crippen LogP contribution >= 0.6 is 0 Å². The zero-order chi connectivity index (χ0) is 23.0. The molecular weight excluding hydrogens is 423 g/mol. The minimum absolute atomic E-state index is 0.00809. The topological polar surface area (TPSA) is 120 Å². The Morgan fingerprint density at radius 3 is 2.69 bits per heavy atom. The van der Waals surface area contributed by atoms with Gasteiger partial charge in [0.1, 0.15) is 5.75 Å². The summed E-state index contributed by atoms with van der Waals surface area (Å²) in [6.45, 7) is 0.460. The summed E-state index contributed by atoms with van der Waals surface area (Å²) in [4.78, 5) is 16.4. The average Bonchev–Trinajstić information content (AvgIpc) is 3.21. The van der Waals surface area contributed by atoms with E-state index >= 15 is 0 Å². The van der Waals surface area contributed by atoms with Gasteiger partial charge in [-0.2, -0.15) is 18.3 Å². The van der Waals surface area contributed by atoms with Gasteiger partial charge in [0.2, 0.25) is 0 Å². The van der Waals surface area contributed by atoms with Crippen LogP contribution in [0.1, 0.15) is 16.1 Å². The van der Waals surface area contributed by atoms with Gasteiger partial charge in [-0.1, -0.05) is 18.2 Å². The molecule has 4 rings (SSSR count). The molecular formula is C22H18F3N5O2. The van der Waals surface area contributed by atoms with Crippen LogP contribution in [-0.4, -0.2) is 33.9 Å². The van der Waals surface area contributed by atoms with Crippen LogP contribution in [0.15, 0.2) is 48.7 Å². The quantitative estimate of drug-likeness (QED) is 0.428. The predicted octanol–water partition coefficient (Wildman–Crippen LogP) is 4.22. The number of fused-ring (bicyclic) bond motifs is 1. The Morgan fingerprint density at radius 2 is 1.97 bits per heavy atom. The lowest BCUT2D eigenvalue weighted by molar-refractivity contribution is -0.153. The van der Waals surface area contributed by atoms with E-state index in [2.05, 4.69) is 15.2 Å². The lowest BCUT2D eigenvalue weighted by Crippen LogP contribution is -2.19. The first kappa shape index (κ1) is 21.2. The standard InChI is InChI=1S/C22H18F3N5O2/c1-11-5-6-16-15(9-28-30-16)18(11)14-8-17(29-20(19(14)26)21(27)31)12-3-2-4-13(7-12)32-10-22(23,24)25/h2-9H,10,26H2,1H3,(H2,27,31)(H,28,30). The molecule has 2 heterocycles. The molecule has 0 unspecified atom stereocenters. The maximum atomic E-state index is 12.5. The summed E-state index contributed by atoms with van der Waals surface area (Å²) >= 11 is 0. The largest absolute Gasteiger partial charge is 0.484 e. The Bertz CT molecular complexity index is 1330. The van der Waals surface area contributed by atoms with Crippen molar-refractivity contribution in [2.24, 2.45) is 5.73 Å². The third-order valence-electron chi connectivity index (χ3n) is 4.93. The Kier molecular flexibility index (Phi) is 5.21. The molecule has 0 saturated heterocycles. The maximum Gasteiger partial charge on any atom is 0.422 e. The van der Waals surface area contributed by atoms with Crippen molar-refractivity contribution in [3.05, 3.63) is 59.9 Å². The minimum Gasteiger partial charge on any atom is -0.484 e. The lowest BCUT2D eigenvalue weighted by Gasteiger charge is -2.15. The van der Waals surface area contributed by atoms with Crippen molar-refractivity contribution in [2.75, 3.05) is 12.3 Å². The molecule has 1 amide bonds. The lowest BCUT2D eigenvalue weighted by atomic mass is 9.94. The first-order valence-electron chi connectivity index (χ1n) is 9.47. The second-order valence-electron chi connectivity index (χ2n) is 7.20. The van der Waals surface area contributed by atoms with Gasteiger partial charge in [0.25, 0.3) is 5.91 Å². The zero-order valence-corrected chi connectivity index (χ0v) is 16.8. The number of primary amides is 1. The molecule has 5 N–H and O–H groups in total. The van der Waals surface area contributed by atoms with Crippen LogP contribution in [0, 0.1) is 6.92 Å². The highest BCUT2D eigenvalue weighted by atomic mass is 19.4. The molecule has 2 aromatic carbocycles. The number of hydrogen-bond acceptors (Lipinski definition) is 5. The zero-order valence-electron chi connectivity index (χ0n) is 16.8. The summed E-state index contributed by atoms with van der Waals surface area (Å²) in [5.41, 5.74) is 15.4. The number of hydrogen-bond donors (Lipinski definition) is 3. The van der Waals surface area contributed by atoms with Crippen molar-refractivity contribution in [3.8, 4) is 28.1 Å². The predicted molar refractivity (Wildman–Crippen MR) is 114 cm³/mol. The molecule has 4 aromatic rings. The molecule has 10 heteroatoms. The van der Waals surface area contributed by atoms with E-state index < -0.39 is 18.7 Å². The number of nitrogens with one attached hydrogen (secondary N) is 1. The number of nitrogens with two attached hydrogens (primary N) is 2. The van der Waals surface area contributed by atoms with E-state index in [9.17, 15) is 18.0 Å². The Hall–Kier alpha value is -4.08. The van der Waals surface area contributed by atoms with Crippen molar-refractivity contribution in [2.45, 2.75) is 13.1 Å². The van der Waals surface area contributed by atoms with E-state index in [1.165, 1.54) is 18.2 Å². The van der Waals surface area contributed by atoms with Crippen LogP contribution in [0.3, 0.4) is 0 Å². The van der Waals surface area contributed by atoms with Gasteiger partial charge in [0.05, 0.1) is 23.1 Å². The number of halogens is 3. The summed E-state index contributed by atoms with van der Waals surface area (Å²) in [7, 11) is 0. The fourth-order valence-corrected chi connectivity index (χ4v) is 3.49. The van der Waals surface area contributed by atoms with Gasteiger partial charge in [-0.3, -0.25) is 9.89 Å². The molecule has 0 aliphatic rings. The summed E-state index contributed by atoms with van der Waals surface area (Å²) in [5.74, 6) is -0.819. The number of ether oxygens (including phenoxy) is 1. The molecule has 0 fully saturated rings. The number of carbonyl (C=O) groups is 1. The number of aromatic amines is 1. The number of nitrogen functional groups attached to an aromatic ring is 1. The van der Waals surface area contributed by atoms with Gasteiger partial charge < -0.3 is 16.2 Å². The highest BCUT2D eigenvalue weighted by molar-refractivity contribution is 6.05. The first-order valence-corrected chi connectivity index (χ1v) is 9.47. The Balaban J connectivity index is 1.89. The van der Waals surface area contributed by atoms with E-state index in [-0.39, 0.29) is 17.1 Å². The highest BCUT2D eigenvalue weighted by Crippen LogP contribution is 2.38. The summed E-state index contributed by atoms with van der Waals surface area (Å²) in [5, 5.41) is 7.74. The Morgan fingerprint density at radius 1 is 1.19 bits per heavy atom. The minimum atomic E-state index is -4.47. The number of alkyl halides is 3. The molecule has 32 heavy (non-hydrogen) atoms. The second-order valence-corrected chi connectivity index (χ2v) is 7.20. The molecule has 2 aromatic heterocycles. The van der Waals surface area contributed by atoms with Crippen LogP contribution < -0.4 is 16.2 Å². The van der Waals surface area contributed by atoms with Crippen molar-refractivity contribution >= 4 is 22.5 Å². The molecule has 0 bridgehead atoms. The number of amides is 1. The van der Waals surface area contributed by atoms with E-state index in [0.717, 1.165) is 22.0 Å². The van der Waals surface area contributed by atoms with Crippen molar-refractivity contribution in [3.63, 3.8) is 0 Å². The highest BCUT2D eigenvalue weighted by Gasteiger charge is 2.28. The van der Waals surface area contributed by atoms with Crippen molar-refractivity contribution in [1.29, 1.82) is 0 Å². The smallest absolute Gasteiger partial charge is 0.422 e. The van der Waals surface area contributed by atoms with E-state index in [4.69, 9.17) is 16.2 Å². The summed E-state index contributed by atoms with van der Waals surface area (Å²) in [6, 6.07) is 11.4. The number of carbonyl (C=O) groups excluding carboxylic acids is 1. The van der Waals surface area contributed by atoms with Crippen LogP contribution in [0.5, 0.6) is 5.75 Å². The van der Waals surface area contributed by atoms with E-state index in [1.54, 1.807) is 18.3 Å². The monoisotopic (exact) mass is 441 g/mol. The summed E-state index contributed by atoms with van der Waals surface area (Å²) in [6.07, 6.45) is -2.82. The molecule has 164 valence electrons. The molecule has 0 spiro atoms. The van der Waals surface area contributed by atoms with Gasteiger partial charge in [0.15, 0.2) is 12.3 Å². The normalized spacial score (nSPS) is 11.6. The third kappa shape index (κ3) is 4.07. The number of nitrogens with zero attached hydrogens (tertiary/aromatic N) is 2. The average molecular weight is 441 g/mol. The molecule has 0 aliphatic carbocycles. The van der Waals surface area contributed by atoms with Gasteiger partial charge >= 0.3 is 6.18 Å². The number of anilines is 1. The van der Waals surface area contributed by atoms with Crippen molar-refractivity contribution in [1.82, 2.24) is 15.2 Å². The second kappa shape index (κ2) is 7.88. The Labute approximate surface area is 180 Å². The number of pyridine rings is 1. The molecule has 0 radical (unpaired) electrons. The number of aryl methyl sites for hydroxylation is 1. The number of aromatic nitrogens is 3. The van der Waals surface area contributed by atoms with Crippen LogP contribution in [-0.2, 0) is 0 Å². The van der Waals surface area contributed by atoms with Gasteiger partial charge in [-0.25, -0.2) is 4.98 Å². The SMILES string of the molecule is Cc1ccc2[nH]ncc2c1-c1cc(-c2cccc(OCC(F)(F)F)c2)nc(C(N)=O)c1N. The van der Waals surface area contributed by atoms with Crippen LogP contribution in [0.2, 0.25) is 0 Å². The van der Waals surface area contributed by atoms with E-state index in [1.807, 2.05) is 19.1 Å². The van der Waals surface area contributed by atoms with Crippen LogP contribution in [0.25, 0.3) is 33.3 Å². The fraction of sp³-hybridized carbons (Fsp3) is 0.136. The first-order chi connectivity index (χ1) is 15.1. The number of rotatable bonds is 5. The molecule has 0 atom stereocenters. The van der Waals surface area contributed by atoms with Crippen molar-refractivity contribution < 1.29 is 22.7 Å². The molecule has 7 nitrogen and oxygen atoms in total. The fourth-order valence-electron chi connectivity index (χ4n) is 3.49.